The van der Waals surface area contributed by atoms with Crippen LogP contribution in [0.3, 0.4) is 0 Å². The largest absolute Gasteiger partial charge is 0.480 e. The summed E-state index contributed by atoms with van der Waals surface area (Å²) in [4.78, 5) is 95.3. The van der Waals surface area contributed by atoms with Gasteiger partial charge in [-0.05, 0) is 89.6 Å². The van der Waals surface area contributed by atoms with Gasteiger partial charge >= 0.3 is 5.97 Å². The molecule has 0 bridgehead atoms. The van der Waals surface area contributed by atoms with Gasteiger partial charge in [-0.25, -0.2) is 4.79 Å². The highest BCUT2D eigenvalue weighted by molar-refractivity contribution is 5.96. The number of nitrogens with two attached hydrogens (primary N) is 5. The average Bonchev–Trinajstić information content (AvgIpc) is 3.14. The number of carbonyl (C=O) groups is 7. The zero-order valence-electron chi connectivity index (χ0n) is 34.2. The summed E-state index contributed by atoms with van der Waals surface area (Å²) in [7, 11) is 0. The molecule has 0 aromatic heterocycles. The first-order valence-electron chi connectivity index (χ1n) is 19.7. The van der Waals surface area contributed by atoms with Crippen molar-refractivity contribution in [1.29, 1.82) is 0 Å². The zero-order chi connectivity index (χ0) is 43.7. The van der Waals surface area contributed by atoms with E-state index in [4.69, 9.17) is 28.7 Å². The molecule has 6 amide bonds. The molecular weight excluding hydrogens is 744 g/mol. The van der Waals surface area contributed by atoms with Gasteiger partial charge in [0.15, 0.2) is 12.0 Å². The molecule has 0 spiro atoms. The second kappa shape index (κ2) is 28.7. The highest BCUT2D eigenvalue weighted by Gasteiger charge is 2.33. The third-order valence-electron chi connectivity index (χ3n) is 9.08. The Hall–Kier alpha value is -4.60. The number of nitrogens with zero attached hydrogens (tertiary/aromatic N) is 1. The first-order valence-corrected chi connectivity index (χ1v) is 19.7. The molecule has 0 aliphatic heterocycles. The molecule has 0 saturated heterocycles. The molecule has 0 saturated carbocycles. The molecule has 21 nitrogen and oxygen atoms in total. The highest BCUT2D eigenvalue weighted by Crippen LogP contribution is 2.11. The van der Waals surface area contributed by atoms with Crippen molar-refractivity contribution < 1.29 is 43.8 Å². The number of aliphatic hydroxyl groups excluding tert-OH is 1. The van der Waals surface area contributed by atoms with Crippen LogP contribution in [0.25, 0.3) is 0 Å². The summed E-state index contributed by atoms with van der Waals surface area (Å²) < 4.78 is 0. The van der Waals surface area contributed by atoms with E-state index in [1.54, 1.807) is 6.92 Å². The molecule has 57 heavy (non-hydrogen) atoms. The molecule has 0 aromatic rings. The van der Waals surface area contributed by atoms with Crippen molar-refractivity contribution in [2.24, 2.45) is 45.5 Å². The number of carbonyl (C=O) groups excluding carboxylic acids is 6. The number of aliphatic imine (C=N–C) groups is 1. The number of carboxylic acid groups (broad SMARTS) is 1. The number of guanidine groups is 1. The molecule has 21 heteroatoms. The van der Waals surface area contributed by atoms with E-state index in [2.05, 4.69) is 36.9 Å². The van der Waals surface area contributed by atoms with E-state index in [0.29, 0.717) is 51.6 Å². The van der Waals surface area contributed by atoms with Crippen LogP contribution in [0, 0.1) is 11.8 Å². The van der Waals surface area contributed by atoms with E-state index < -0.39 is 90.3 Å². The molecule has 0 unspecified atom stereocenters. The quantitative estimate of drug-likeness (QED) is 0.0192. The SMILES string of the molecule is CC[C@H](C)[C@H](NC(=O)[C@@H](N)CC(C)C)C(=O)NCC(=O)N[C@@H](CCCN=C(N)N)C(=O)N[C@@H](CCCCN)C(=O)N[C@@H](CCCCN)C(=O)N[C@H](C(=O)O)[C@@H](C)O. The second-order valence-corrected chi connectivity index (χ2v) is 14.7. The molecule has 0 fully saturated rings. The number of carboxylic acids is 1. The number of hydrogen-bond acceptors (Lipinski definition) is 12. The van der Waals surface area contributed by atoms with Gasteiger partial charge in [0, 0.05) is 6.54 Å². The minimum Gasteiger partial charge on any atom is -0.480 e. The van der Waals surface area contributed by atoms with Crippen LogP contribution in [0.5, 0.6) is 0 Å². The number of hydrogen-bond donors (Lipinski definition) is 13. The van der Waals surface area contributed by atoms with Gasteiger partial charge in [0.1, 0.15) is 24.2 Å². The summed E-state index contributed by atoms with van der Waals surface area (Å²) in [6, 6.07) is -7.16. The number of aliphatic hydroxyl groups is 1. The first-order chi connectivity index (χ1) is 26.8. The average molecular weight is 815 g/mol. The normalized spacial score (nSPS) is 15.3. The van der Waals surface area contributed by atoms with Crippen LogP contribution >= 0.6 is 0 Å². The number of nitrogens with one attached hydrogen (secondary N) is 6. The first kappa shape index (κ1) is 52.4. The molecule has 8 atom stereocenters. The van der Waals surface area contributed by atoms with Gasteiger partial charge < -0.3 is 70.8 Å². The second-order valence-electron chi connectivity index (χ2n) is 14.7. The summed E-state index contributed by atoms with van der Waals surface area (Å²) in [5.41, 5.74) is 28.1. The lowest BCUT2D eigenvalue weighted by atomic mass is 9.97. The van der Waals surface area contributed by atoms with Gasteiger partial charge in [0.2, 0.25) is 35.4 Å². The minimum absolute atomic E-state index is 0.0127. The van der Waals surface area contributed by atoms with E-state index >= 15 is 0 Å². The molecule has 0 radical (unpaired) electrons. The Labute approximate surface area is 335 Å². The van der Waals surface area contributed by atoms with Crippen LogP contribution in [0.1, 0.15) is 98.8 Å². The molecule has 0 aliphatic rings. The maximum Gasteiger partial charge on any atom is 0.328 e. The van der Waals surface area contributed by atoms with Crippen LogP contribution in [-0.4, -0.2) is 126 Å². The lowest BCUT2D eigenvalue weighted by Crippen LogP contribution is -2.59. The molecule has 18 N–H and O–H groups in total. The Kier molecular flexibility index (Phi) is 26.4. The van der Waals surface area contributed by atoms with Crippen molar-refractivity contribution in [2.75, 3.05) is 26.2 Å². The van der Waals surface area contributed by atoms with Crippen LogP contribution in [0.2, 0.25) is 0 Å². The zero-order valence-corrected chi connectivity index (χ0v) is 34.2. The Morgan fingerprint density at radius 3 is 1.56 bits per heavy atom. The molecule has 0 aromatic carbocycles. The van der Waals surface area contributed by atoms with Crippen LogP contribution in [0.4, 0.5) is 0 Å². The monoisotopic (exact) mass is 815 g/mol. The van der Waals surface area contributed by atoms with Crippen molar-refractivity contribution in [3.8, 4) is 0 Å². The van der Waals surface area contributed by atoms with Gasteiger partial charge in [0.05, 0.1) is 18.7 Å². The summed E-state index contributed by atoms with van der Waals surface area (Å²) in [5, 5.41) is 34.6. The topological polar surface area (TPSA) is 375 Å². The van der Waals surface area contributed by atoms with Crippen molar-refractivity contribution in [3.05, 3.63) is 0 Å². The smallest absolute Gasteiger partial charge is 0.328 e. The van der Waals surface area contributed by atoms with Crippen molar-refractivity contribution in [1.82, 2.24) is 31.9 Å². The van der Waals surface area contributed by atoms with Gasteiger partial charge in [-0.2, -0.15) is 0 Å². The third kappa shape index (κ3) is 22.1. The lowest BCUT2D eigenvalue weighted by Gasteiger charge is -2.27. The molecule has 0 aliphatic carbocycles. The van der Waals surface area contributed by atoms with E-state index in [1.165, 1.54) is 6.92 Å². The Morgan fingerprint density at radius 2 is 1.12 bits per heavy atom. The standard InChI is InChI=1S/C36H70N12O9/c1-6-21(4)28(47-30(51)23(39)18-20(2)3)34(55)43-19-27(50)44-24(14-11-17-42-36(40)41)31(52)45-25(12-7-9-15-37)32(53)46-26(13-8-10-16-38)33(54)48-29(22(5)49)35(56)57/h20-26,28-29,49H,6-19,37-39H2,1-5H3,(H,43,55)(H,44,50)(H,45,52)(H,46,53)(H,47,51)(H,48,54)(H,56,57)(H4,40,41,42)/t21-,22+,23-,24-,25-,26-,28-,29-/m0/s1. The van der Waals surface area contributed by atoms with Crippen molar-refractivity contribution in [3.63, 3.8) is 0 Å². The van der Waals surface area contributed by atoms with Gasteiger partial charge in [-0.3, -0.25) is 33.8 Å². The van der Waals surface area contributed by atoms with E-state index in [1.807, 2.05) is 20.8 Å². The number of aliphatic carboxylic acids is 1. The fourth-order valence-electron chi connectivity index (χ4n) is 5.58. The maximum atomic E-state index is 13.8. The summed E-state index contributed by atoms with van der Waals surface area (Å²) in [6.45, 7) is 8.79. The van der Waals surface area contributed by atoms with Crippen molar-refractivity contribution >= 4 is 47.4 Å². The van der Waals surface area contributed by atoms with Crippen LogP contribution in [-0.2, 0) is 33.6 Å². The molecule has 0 heterocycles. The van der Waals surface area contributed by atoms with E-state index in [9.17, 15) is 43.8 Å². The molecule has 328 valence electrons. The summed E-state index contributed by atoms with van der Waals surface area (Å²) in [6.07, 6.45) is 1.68. The third-order valence-corrected chi connectivity index (χ3v) is 9.08. The lowest BCUT2D eigenvalue weighted by molar-refractivity contribution is -0.145. The minimum atomic E-state index is -1.65. The van der Waals surface area contributed by atoms with E-state index in [-0.39, 0.29) is 50.0 Å². The Bertz CT molecular complexity index is 1310. The number of unbranched alkanes of at least 4 members (excludes halogenated alkanes) is 2. The van der Waals surface area contributed by atoms with E-state index in [0.717, 1.165) is 0 Å². The van der Waals surface area contributed by atoms with Crippen molar-refractivity contribution in [2.45, 2.75) is 141 Å². The predicted molar refractivity (Wildman–Crippen MR) is 215 cm³/mol. The Balaban J connectivity index is 6.17. The summed E-state index contributed by atoms with van der Waals surface area (Å²) in [5.74, 6) is -6.07. The van der Waals surface area contributed by atoms with Gasteiger partial charge in [-0.15, -0.1) is 0 Å². The Morgan fingerprint density at radius 1 is 0.649 bits per heavy atom. The van der Waals surface area contributed by atoms with Gasteiger partial charge in [-0.1, -0.05) is 34.1 Å². The fraction of sp³-hybridized carbons (Fsp3) is 0.778. The molecular formula is C36H70N12O9. The maximum absolute atomic E-state index is 13.8. The predicted octanol–water partition coefficient (Wildman–Crippen LogP) is -3.28. The summed E-state index contributed by atoms with van der Waals surface area (Å²) >= 11 is 0. The fourth-order valence-corrected chi connectivity index (χ4v) is 5.58. The van der Waals surface area contributed by atoms with Gasteiger partial charge in [0.25, 0.3) is 0 Å². The van der Waals surface area contributed by atoms with Crippen LogP contribution < -0.4 is 60.6 Å². The number of rotatable bonds is 30. The molecule has 0 rings (SSSR count). The number of amides is 6. The highest BCUT2D eigenvalue weighted by atomic mass is 16.4. The van der Waals surface area contributed by atoms with Crippen LogP contribution in [0.15, 0.2) is 4.99 Å².